The van der Waals surface area contributed by atoms with Gasteiger partial charge in [0, 0.05) is 24.3 Å². The quantitative estimate of drug-likeness (QED) is 0.382. The zero-order chi connectivity index (χ0) is 22.0. The molecule has 1 aromatic rings. The van der Waals surface area contributed by atoms with Crippen LogP contribution in [0.2, 0.25) is 0 Å². The highest BCUT2D eigenvalue weighted by molar-refractivity contribution is 5.97. The predicted octanol–water partition coefficient (Wildman–Crippen LogP) is 1.07. The third kappa shape index (κ3) is 10.1. The Bertz CT molecular complexity index is 744. The van der Waals surface area contributed by atoms with Crippen molar-refractivity contribution in [2.75, 3.05) is 18.4 Å². The number of urea groups is 1. The summed E-state index contributed by atoms with van der Waals surface area (Å²) < 4.78 is 5.17. The van der Waals surface area contributed by atoms with Crippen LogP contribution in [0.15, 0.2) is 24.3 Å². The van der Waals surface area contributed by atoms with E-state index in [1.165, 1.54) is 6.07 Å². The molecular weight excluding hydrogens is 380 g/mol. The Morgan fingerprint density at radius 3 is 2.45 bits per heavy atom. The molecule has 0 aromatic heterocycles. The fraction of sp³-hybridized carbons (Fsp3) is 0.474. The topological polar surface area (TPSA) is 160 Å². The maximum Gasteiger partial charge on any atom is 0.323 e. The van der Waals surface area contributed by atoms with Gasteiger partial charge in [0.1, 0.15) is 11.6 Å². The minimum atomic E-state index is -1.01. The minimum absolute atomic E-state index is 0.00418. The lowest BCUT2D eigenvalue weighted by Crippen LogP contribution is -2.40. The first-order valence-electron chi connectivity index (χ1n) is 9.11. The number of carboxylic acids is 1. The average molecular weight is 408 g/mol. The second-order valence-electron chi connectivity index (χ2n) is 7.29. The molecule has 10 heteroatoms. The van der Waals surface area contributed by atoms with Gasteiger partial charge in [0.05, 0.1) is 6.42 Å². The molecule has 29 heavy (non-hydrogen) atoms. The summed E-state index contributed by atoms with van der Waals surface area (Å²) in [4.78, 5) is 46.2. The van der Waals surface area contributed by atoms with E-state index in [9.17, 15) is 19.2 Å². The van der Waals surface area contributed by atoms with E-state index in [1.54, 1.807) is 39.0 Å². The molecule has 0 spiro atoms. The number of anilines is 1. The second kappa shape index (κ2) is 11.0. The first-order valence-corrected chi connectivity index (χ1v) is 9.11. The number of rotatable bonds is 9. The predicted molar refractivity (Wildman–Crippen MR) is 106 cm³/mol. The lowest BCUT2D eigenvalue weighted by Gasteiger charge is -2.22. The number of aliphatic carboxylic acids is 1. The molecule has 1 atom stereocenters. The number of nitrogens with two attached hydrogens (primary N) is 1. The zero-order valence-corrected chi connectivity index (χ0v) is 16.8. The Hall–Kier alpha value is -3.14. The zero-order valence-electron chi connectivity index (χ0n) is 16.8. The van der Waals surface area contributed by atoms with Crippen molar-refractivity contribution in [2.24, 2.45) is 5.73 Å². The SMILES string of the molecule is CC(C)(C)OC(=O)C(N)CCNC(=O)Nc1cccc(C(=O)NCCC(=O)O)c1. The number of hydrogen-bond acceptors (Lipinski definition) is 6. The van der Waals surface area contributed by atoms with Crippen molar-refractivity contribution in [1.29, 1.82) is 0 Å². The summed E-state index contributed by atoms with van der Waals surface area (Å²) in [5.74, 6) is -2.00. The van der Waals surface area contributed by atoms with Crippen LogP contribution in [0.1, 0.15) is 44.0 Å². The van der Waals surface area contributed by atoms with E-state index in [-0.39, 0.29) is 31.5 Å². The van der Waals surface area contributed by atoms with E-state index in [2.05, 4.69) is 16.0 Å². The molecule has 0 heterocycles. The van der Waals surface area contributed by atoms with Crippen LogP contribution < -0.4 is 21.7 Å². The number of hydrogen-bond donors (Lipinski definition) is 5. The van der Waals surface area contributed by atoms with Gasteiger partial charge in [0.2, 0.25) is 0 Å². The molecule has 0 aliphatic heterocycles. The van der Waals surface area contributed by atoms with E-state index in [4.69, 9.17) is 15.6 Å². The Kier molecular flexibility index (Phi) is 9.07. The van der Waals surface area contributed by atoms with E-state index in [0.29, 0.717) is 5.69 Å². The normalized spacial score (nSPS) is 11.9. The van der Waals surface area contributed by atoms with Crippen molar-refractivity contribution in [3.63, 3.8) is 0 Å². The van der Waals surface area contributed by atoms with Gasteiger partial charge in [-0.3, -0.25) is 14.4 Å². The van der Waals surface area contributed by atoms with Crippen LogP contribution in [0.25, 0.3) is 0 Å². The molecule has 0 saturated heterocycles. The maximum absolute atomic E-state index is 12.0. The van der Waals surface area contributed by atoms with Gasteiger partial charge >= 0.3 is 18.0 Å². The summed E-state index contributed by atoms with van der Waals surface area (Å²) >= 11 is 0. The number of amides is 3. The van der Waals surface area contributed by atoms with E-state index in [0.717, 1.165) is 0 Å². The van der Waals surface area contributed by atoms with Crippen molar-refractivity contribution < 1.29 is 29.0 Å². The van der Waals surface area contributed by atoms with Crippen molar-refractivity contribution in [1.82, 2.24) is 10.6 Å². The number of benzene rings is 1. The molecule has 0 fully saturated rings. The largest absolute Gasteiger partial charge is 0.481 e. The standard InChI is InChI=1S/C19H28N4O6/c1-19(2,3)29-17(27)14(20)7-9-22-18(28)23-13-6-4-5-12(11-13)16(26)21-10-8-15(24)25/h4-6,11,14H,7-10,20H2,1-3H3,(H,21,26)(H,24,25)(H2,22,23,28). The number of carboxylic acid groups (broad SMARTS) is 1. The smallest absolute Gasteiger partial charge is 0.323 e. The van der Waals surface area contributed by atoms with Crippen LogP contribution in [-0.2, 0) is 14.3 Å². The molecule has 160 valence electrons. The summed E-state index contributed by atoms with van der Waals surface area (Å²) in [7, 11) is 0. The van der Waals surface area contributed by atoms with Gasteiger partial charge in [-0.25, -0.2) is 4.79 Å². The summed E-state index contributed by atoms with van der Waals surface area (Å²) in [5, 5.41) is 16.2. The van der Waals surface area contributed by atoms with E-state index in [1.807, 2.05) is 0 Å². The summed E-state index contributed by atoms with van der Waals surface area (Å²) in [5.41, 5.74) is 5.77. The number of esters is 1. The Morgan fingerprint density at radius 2 is 1.83 bits per heavy atom. The summed E-state index contributed by atoms with van der Waals surface area (Å²) in [6.07, 6.45) is 0.0197. The van der Waals surface area contributed by atoms with Crippen molar-refractivity contribution >= 4 is 29.6 Å². The lowest BCUT2D eigenvalue weighted by atomic mass is 10.1. The van der Waals surface area contributed by atoms with Crippen LogP contribution in [0.4, 0.5) is 10.5 Å². The summed E-state index contributed by atoms with van der Waals surface area (Å²) in [6.45, 7) is 5.38. The molecular formula is C19H28N4O6. The van der Waals surface area contributed by atoms with Gasteiger partial charge in [-0.05, 0) is 45.4 Å². The van der Waals surface area contributed by atoms with Crippen LogP contribution in [0.5, 0.6) is 0 Å². The van der Waals surface area contributed by atoms with Gasteiger partial charge in [-0.15, -0.1) is 0 Å². The molecule has 3 amide bonds. The van der Waals surface area contributed by atoms with Gasteiger partial charge < -0.3 is 31.5 Å². The van der Waals surface area contributed by atoms with Crippen molar-refractivity contribution in [3.8, 4) is 0 Å². The first-order chi connectivity index (χ1) is 13.5. The molecule has 0 aliphatic rings. The molecule has 1 unspecified atom stereocenters. The molecule has 0 saturated carbocycles. The van der Waals surface area contributed by atoms with Crippen molar-refractivity contribution in [2.45, 2.75) is 45.3 Å². The van der Waals surface area contributed by atoms with Crippen molar-refractivity contribution in [3.05, 3.63) is 29.8 Å². The van der Waals surface area contributed by atoms with Crippen LogP contribution in [-0.4, -0.2) is 53.7 Å². The molecule has 1 aromatic carbocycles. The number of ether oxygens (including phenoxy) is 1. The third-order valence-electron chi connectivity index (χ3n) is 3.46. The Morgan fingerprint density at radius 1 is 1.14 bits per heavy atom. The lowest BCUT2D eigenvalue weighted by molar-refractivity contribution is -0.156. The highest BCUT2D eigenvalue weighted by atomic mass is 16.6. The monoisotopic (exact) mass is 408 g/mol. The average Bonchev–Trinajstić information content (AvgIpc) is 2.60. The van der Waals surface area contributed by atoms with Gasteiger partial charge in [0.25, 0.3) is 5.91 Å². The molecule has 0 aliphatic carbocycles. The Labute approximate surface area is 169 Å². The first kappa shape index (κ1) is 23.9. The highest BCUT2D eigenvalue weighted by Crippen LogP contribution is 2.11. The van der Waals surface area contributed by atoms with Crippen LogP contribution >= 0.6 is 0 Å². The van der Waals surface area contributed by atoms with E-state index >= 15 is 0 Å². The van der Waals surface area contributed by atoms with Gasteiger partial charge in [0.15, 0.2) is 0 Å². The number of carbonyl (C=O) groups is 4. The number of carbonyl (C=O) groups excluding carboxylic acids is 3. The highest BCUT2D eigenvalue weighted by Gasteiger charge is 2.22. The molecule has 6 N–H and O–H groups in total. The molecule has 0 bridgehead atoms. The second-order valence-corrected chi connectivity index (χ2v) is 7.29. The molecule has 1 rings (SSSR count). The molecule has 0 radical (unpaired) electrons. The Balaban J connectivity index is 2.45. The fourth-order valence-electron chi connectivity index (χ4n) is 2.14. The third-order valence-corrected chi connectivity index (χ3v) is 3.46. The van der Waals surface area contributed by atoms with Crippen LogP contribution in [0.3, 0.4) is 0 Å². The number of nitrogens with one attached hydrogen (secondary N) is 3. The minimum Gasteiger partial charge on any atom is -0.481 e. The summed E-state index contributed by atoms with van der Waals surface area (Å²) in [6, 6.07) is 4.80. The van der Waals surface area contributed by atoms with Gasteiger partial charge in [-0.1, -0.05) is 6.07 Å². The molecule has 10 nitrogen and oxygen atoms in total. The van der Waals surface area contributed by atoms with Crippen LogP contribution in [0, 0.1) is 0 Å². The maximum atomic E-state index is 12.0. The van der Waals surface area contributed by atoms with E-state index < -0.39 is 35.5 Å². The fourth-order valence-corrected chi connectivity index (χ4v) is 2.14. The van der Waals surface area contributed by atoms with Gasteiger partial charge in [-0.2, -0.15) is 0 Å².